The minimum absolute atomic E-state index is 0.0869. The van der Waals surface area contributed by atoms with Gasteiger partial charge in [0.15, 0.2) is 0 Å². The van der Waals surface area contributed by atoms with E-state index >= 15 is 0 Å². The van der Waals surface area contributed by atoms with Crippen LogP contribution in [-0.4, -0.2) is 36.1 Å². The van der Waals surface area contributed by atoms with Gasteiger partial charge < -0.3 is 5.32 Å². The van der Waals surface area contributed by atoms with E-state index in [1.54, 1.807) is 0 Å². The zero-order chi connectivity index (χ0) is 13.3. The van der Waals surface area contributed by atoms with Crippen molar-refractivity contribution in [1.29, 1.82) is 0 Å². The molecule has 2 aliphatic rings. The highest BCUT2D eigenvalue weighted by Crippen LogP contribution is 2.37. The molecular weight excluding hydrogens is 254 g/mol. The van der Waals surface area contributed by atoms with E-state index in [-0.39, 0.29) is 5.54 Å². The van der Waals surface area contributed by atoms with E-state index < -0.39 is 0 Å². The van der Waals surface area contributed by atoms with E-state index in [4.69, 9.17) is 4.98 Å². The number of aromatic nitrogens is 1. The molecule has 2 fully saturated rings. The number of hydrogen-bond donors (Lipinski definition) is 1. The number of nitrogens with zero attached hydrogens (tertiary/aromatic N) is 2. The van der Waals surface area contributed by atoms with E-state index in [1.807, 2.05) is 11.3 Å². The second kappa shape index (κ2) is 5.51. The van der Waals surface area contributed by atoms with Gasteiger partial charge in [-0.2, -0.15) is 0 Å². The van der Waals surface area contributed by atoms with E-state index in [9.17, 15) is 0 Å². The van der Waals surface area contributed by atoms with E-state index in [0.29, 0.717) is 0 Å². The molecule has 1 saturated heterocycles. The predicted molar refractivity (Wildman–Crippen MR) is 80.8 cm³/mol. The second-order valence-corrected chi connectivity index (χ2v) is 7.21. The highest BCUT2D eigenvalue weighted by Gasteiger charge is 2.33. The van der Waals surface area contributed by atoms with Crippen molar-refractivity contribution in [2.45, 2.75) is 51.0 Å². The molecule has 2 heterocycles. The van der Waals surface area contributed by atoms with Gasteiger partial charge in [0.1, 0.15) is 5.01 Å². The molecule has 0 atom stereocenters. The molecule has 0 unspecified atom stereocenters. The van der Waals surface area contributed by atoms with Crippen molar-refractivity contribution in [3.63, 3.8) is 0 Å². The molecule has 1 saturated carbocycles. The summed E-state index contributed by atoms with van der Waals surface area (Å²) in [5.74, 6) is 0.740. The first kappa shape index (κ1) is 13.5. The van der Waals surface area contributed by atoms with Crippen molar-refractivity contribution >= 4 is 11.3 Å². The van der Waals surface area contributed by atoms with E-state index in [2.05, 4.69) is 29.4 Å². The molecule has 0 bridgehead atoms. The summed E-state index contributed by atoms with van der Waals surface area (Å²) < 4.78 is 0. The number of hydrogen-bond acceptors (Lipinski definition) is 4. The summed E-state index contributed by atoms with van der Waals surface area (Å²) in [7, 11) is 0. The van der Waals surface area contributed by atoms with Gasteiger partial charge in [0.2, 0.25) is 0 Å². The van der Waals surface area contributed by atoms with Crippen LogP contribution in [0.3, 0.4) is 0 Å². The van der Waals surface area contributed by atoms with Crippen LogP contribution in [0.5, 0.6) is 0 Å². The zero-order valence-electron chi connectivity index (χ0n) is 12.1. The molecule has 1 aliphatic carbocycles. The Balaban J connectivity index is 1.76. The van der Waals surface area contributed by atoms with Gasteiger partial charge in [0.25, 0.3) is 0 Å². The van der Waals surface area contributed by atoms with Crippen molar-refractivity contribution in [3.05, 3.63) is 16.1 Å². The lowest BCUT2D eigenvalue weighted by Gasteiger charge is -2.39. The van der Waals surface area contributed by atoms with Gasteiger partial charge >= 0.3 is 0 Å². The summed E-state index contributed by atoms with van der Waals surface area (Å²) in [5, 5.41) is 7.05. The Morgan fingerprint density at radius 3 is 2.63 bits per heavy atom. The van der Waals surface area contributed by atoms with Crippen LogP contribution < -0.4 is 5.32 Å². The first-order valence-electron chi connectivity index (χ1n) is 7.59. The first-order valence-corrected chi connectivity index (χ1v) is 8.47. The van der Waals surface area contributed by atoms with Crippen LogP contribution in [0.1, 0.15) is 56.2 Å². The van der Waals surface area contributed by atoms with Gasteiger partial charge in [0, 0.05) is 37.5 Å². The Hall–Kier alpha value is -0.450. The number of nitrogens with one attached hydrogen (secondary N) is 1. The van der Waals surface area contributed by atoms with Crippen molar-refractivity contribution in [2.24, 2.45) is 0 Å². The fourth-order valence-electron chi connectivity index (χ4n) is 3.34. The smallest absolute Gasteiger partial charge is 0.113 e. The lowest BCUT2D eigenvalue weighted by atomic mass is 10.0. The van der Waals surface area contributed by atoms with Gasteiger partial charge in [-0.15, -0.1) is 11.3 Å². The molecular formula is C15H25N3S. The SMILES string of the molecule is CC(C)(c1nc(C2CCCC2)cs1)N1CCNCC1. The molecule has 3 rings (SSSR count). The highest BCUT2D eigenvalue weighted by atomic mass is 32.1. The maximum atomic E-state index is 5.00. The van der Waals surface area contributed by atoms with E-state index in [1.165, 1.54) is 36.4 Å². The Morgan fingerprint density at radius 1 is 1.26 bits per heavy atom. The van der Waals surface area contributed by atoms with E-state index in [0.717, 1.165) is 32.1 Å². The van der Waals surface area contributed by atoms with Gasteiger partial charge in [-0.1, -0.05) is 12.8 Å². The molecule has 4 heteroatoms. The predicted octanol–water partition coefficient (Wildman–Crippen LogP) is 2.94. The molecule has 1 N–H and O–H groups in total. The Labute approximate surface area is 120 Å². The Kier molecular flexibility index (Phi) is 3.92. The molecule has 3 nitrogen and oxygen atoms in total. The maximum absolute atomic E-state index is 5.00. The molecule has 0 amide bonds. The van der Waals surface area contributed by atoms with Crippen molar-refractivity contribution in [1.82, 2.24) is 15.2 Å². The molecule has 1 aromatic rings. The normalized spacial score (nSPS) is 23.1. The van der Waals surface area contributed by atoms with Crippen LogP contribution >= 0.6 is 11.3 Å². The summed E-state index contributed by atoms with van der Waals surface area (Å²) in [4.78, 5) is 7.57. The topological polar surface area (TPSA) is 28.2 Å². The van der Waals surface area contributed by atoms with Crippen molar-refractivity contribution in [3.8, 4) is 0 Å². The maximum Gasteiger partial charge on any atom is 0.113 e. The second-order valence-electron chi connectivity index (χ2n) is 6.35. The molecule has 19 heavy (non-hydrogen) atoms. The standard InChI is InChI=1S/C15H25N3S/c1-15(2,18-9-7-16-8-10-18)14-17-13(11-19-14)12-5-3-4-6-12/h11-12,16H,3-10H2,1-2H3. The molecule has 106 valence electrons. The van der Waals surface area contributed by atoms with Crippen LogP contribution in [0.15, 0.2) is 5.38 Å². The summed E-state index contributed by atoms with van der Waals surface area (Å²) in [6, 6.07) is 0. The summed E-state index contributed by atoms with van der Waals surface area (Å²) in [5.41, 5.74) is 1.45. The molecule has 0 radical (unpaired) electrons. The number of rotatable bonds is 3. The molecule has 1 aliphatic heterocycles. The summed E-state index contributed by atoms with van der Waals surface area (Å²) in [6.45, 7) is 9.12. The van der Waals surface area contributed by atoms with Crippen LogP contribution in [0.4, 0.5) is 0 Å². The quantitative estimate of drug-likeness (QED) is 0.922. The Morgan fingerprint density at radius 2 is 1.95 bits per heavy atom. The molecule has 0 spiro atoms. The van der Waals surface area contributed by atoms with Crippen LogP contribution in [0, 0.1) is 0 Å². The zero-order valence-corrected chi connectivity index (χ0v) is 12.9. The van der Waals surface area contributed by atoms with Crippen molar-refractivity contribution in [2.75, 3.05) is 26.2 Å². The minimum atomic E-state index is 0.0869. The third kappa shape index (κ3) is 2.71. The first-order chi connectivity index (χ1) is 9.18. The van der Waals surface area contributed by atoms with Crippen LogP contribution in [0.25, 0.3) is 0 Å². The van der Waals surface area contributed by atoms with Crippen molar-refractivity contribution < 1.29 is 0 Å². The lowest BCUT2D eigenvalue weighted by molar-refractivity contribution is 0.102. The van der Waals surface area contributed by atoms with Crippen LogP contribution in [-0.2, 0) is 5.54 Å². The fourth-order valence-corrected chi connectivity index (χ4v) is 4.39. The number of thiazole rings is 1. The third-order valence-corrected chi connectivity index (χ3v) is 5.90. The highest BCUT2D eigenvalue weighted by molar-refractivity contribution is 7.09. The summed E-state index contributed by atoms with van der Waals surface area (Å²) in [6.07, 6.45) is 5.46. The average Bonchev–Trinajstić information content (AvgIpc) is 3.10. The van der Waals surface area contributed by atoms with Crippen LogP contribution in [0.2, 0.25) is 0 Å². The molecule has 1 aromatic heterocycles. The lowest BCUT2D eigenvalue weighted by Crippen LogP contribution is -2.51. The van der Waals surface area contributed by atoms with Gasteiger partial charge in [-0.3, -0.25) is 4.90 Å². The minimum Gasteiger partial charge on any atom is -0.314 e. The third-order valence-electron chi connectivity index (χ3n) is 4.73. The largest absolute Gasteiger partial charge is 0.314 e. The summed E-state index contributed by atoms with van der Waals surface area (Å²) >= 11 is 1.86. The van der Waals surface area contributed by atoms with Gasteiger partial charge in [-0.05, 0) is 26.7 Å². The Bertz CT molecular complexity index is 415. The monoisotopic (exact) mass is 279 g/mol. The molecule has 0 aromatic carbocycles. The van der Waals surface area contributed by atoms with Gasteiger partial charge in [0.05, 0.1) is 11.2 Å². The fraction of sp³-hybridized carbons (Fsp3) is 0.800. The van der Waals surface area contributed by atoms with Gasteiger partial charge in [-0.25, -0.2) is 4.98 Å². The average molecular weight is 279 g/mol. The number of piperazine rings is 1.